The third-order valence-corrected chi connectivity index (χ3v) is 3.77. The Morgan fingerprint density at radius 2 is 2.00 bits per heavy atom. The number of nitrogens with zero attached hydrogens (tertiary/aromatic N) is 4. The minimum atomic E-state index is -0.125. The molecule has 1 aromatic heterocycles. The van der Waals surface area contributed by atoms with Gasteiger partial charge in [0.1, 0.15) is 6.33 Å². The van der Waals surface area contributed by atoms with Crippen LogP contribution >= 0.6 is 0 Å². The van der Waals surface area contributed by atoms with Crippen LogP contribution in [0.1, 0.15) is 13.8 Å². The first-order valence-electron chi connectivity index (χ1n) is 6.69. The van der Waals surface area contributed by atoms with E-state index < -0.39 is 0 Å². The van der Waals surface area contributed by atoms with Crippen LogP contribution in [0.2, 0.25) is 0 Å². The monoisotopic (exact) mass is 265 g/mol. The van der Waals surface area contributed by atoms with Gasteiger partial charge in [-0.25, -0.2) is 9.78 Å². The Balaban J connectivity index is 1.85. The summed E-state index contributed by atoms with van der Waals surface area (Å²) in [5, 5.41) is 2.96. The maximum absolute atomic E-state index is 11.9. The van der Waals surface area contributed by atoms with Gasteiger partial charge in [0.2, 0.25) is 0 Å². The van der Waals surface area contributed by atoms with Crippen molar-refractivity contribution in [2.24, 2.45) is 0 Å². The van der Waals surface area contributed by atoms with Gasteiger partial charge in [-0.2, -0.15) is 0 Å². The fourth-order valence-electron chi connectivity index (χ4n) is 2.29. The van der Waals surface area contributed by atoms with Gasteiger partial charge in [-0.15, -0.1) is 0 Å². The van der Waals surface area contributed by atoms with Gasteiger partial charge in [0.05, 0.1) is 0 Å². The first-order valence-corrected chi connectivity index (χ1v) is 6.69. The molecule has 0 bridgehead atoms. The maximum Gasteiger partial charge on any atom is 0.326 e. The lowest BCUT2D eigenvalue weighted by Crippen LogP contribution is -2.58. The average Bonchev–Trinajstić information content (AvgIpc) is 2.90. The number of likely N-dealkylation sites (N-methyl/N-ethyl adjacent to an activating group) is 1. The van der Waals surface area contributed by atoms with Crippen LogP contribution in [0, 0.1) is 0 Å². The van der Waals surface area contributed by atoms with Crippen molar-refractivity contribution in [3.8, 4) is 0 Å². The Kier molecular flexibility index (Phi) is 4.21. The molecule has 19 heavy (non-hydrogen) atoms. The third-order valence-electron chi connectivity index (χ3n) is 3.77. The van der Waals surface area contributed by atoms with E-state index >= 15 is 0 Å². The molecule has 0 saturated carbocycles. The summed E-state index contributed by atoms with van der Waals surface area (Å²) in [5.74, 6) is 0. The quantitative estimate of drug-likeness (QED) is 0.863. The van der Waals surface area contributed by atoms with Crippen molar-refractivity contribution in [1.29, 1.82) is 0 Å². The van der Waals surface area contributed by atoms with Crippen molar-refractivity contribution in [2.45, 2.75) is 19.4 Å². The number of carbonyl (C=O) groups excluding carboxylic acids is 1. The predicted octanol–water partition coefficient (Wildman–Crippen LogP) is 0.467. The van der Waals surface area contributed by atoms with E-state index in [4.69, 9.17) is 0 Å². The Bertz CT molecular complexity index is 407. The number of piperazine rings is 1. The number of carbonyl (C=O) groups is 1. The molecule has 1 aliphatic heterocycles. The number of nitrogens with one attached hydrogen (secondary N) is 1. The number of amides is 1. The van der Waals surface area contributed by atoms with Gasteiger partial charge < -0.3 is 10.2 Å². The summed E-state index contributed by atoms with van der Waals surface area (Å²) < 4.78 is 1.46. The second kappa shape index (κ2) is 5.71. The van der Waals surface area contributed by atoms with Crippen LogP contribution in [-0.2, 0) is 0 Å². The zero-order chi connectivity index (χ0) is 13.9. The Morgan fingerprint density at radius 1 is 1.32 bits per heavy atom. The van der Waals surface area contributed by atoms with E-state index in [2.05, 4.69) is 41.0 Å². The number of hydrogen-bond acceptors (Lipinski definition) is 4. The van der Waals surface area contributed by atoms with E-state index in [0.29, 0.717) is 6.54 Å². The van der Waals surface area contributed by atoms with Crippen LogP contribution in [0.4, 0.5) is 4.79 Å². The van der Waals surface area contributed by atoms with Crippen molar-refractivity contribution in [2.75, 3.05) is 39.8 Å². The van der Waals surface area contributed by atoms with E-state index in [-0.39, 0.29) is 11.6 Å². The van der Waals surface area contributed by atoms with E-state index in [1.807, 2.05) is 0 Å². The molecule has 1 N–H and O–H groups in total. The molecule has 1 amide bonds. The second-order valence-corrected chi connectivity index (χ2v) is 5.73. The molecule has 6 nitrogen and oxygen atoms in total. The summed E-state index contributed by atoms with van der Waals surface area (Å²) in [4.78, 5) is 20.5. The summed E-state index contributed by atoms with van der Waals surface area (Å²) in [7, 11) is 2.14. The molecule has 6 heteroatoms. The fourth-order valence-corrected chi connectivity index (χ4v) is 2.29. The van der Waals surface area contributed by atoms with E-state index in [1.54, 1.807) is 12.4 Å². The zero-order valence-corrected chi connectivity index (χ0v) is 12.0. The number of rotatable bonds is 3. The highest BCUT2D eigenvalue weighted by Gasteiger charge is 2.29. The lowest BCUT2D eigenvalue weighted by molar-refractivity contribution is 0.0634. The molecule has 1 aromatic rings. The fraction of sp³-hybridized carbons (Fsp3) is 0.692. The highest BCUT2D eigenvalue weighted by Crippen LogP contribution is 2.15. The van der Waals surface area contributed by atoms with Gasteiger partial charge in [-0.05, 0) is 20.9 Å². The number of imidazole rings is 1. The molecule has 0 radical (unpaired) electrons. The van der Waals surface area contributed by atoms with Crippen LogP contribution < -0.4 is 5.32 Å². The van der Waals surface area contributed by atoms with Gasteiger partial charge in [0.25, 0.3) is 0 Å². The molecule has 106 valence electrons. The summed E-state index contributed by atoms with van der Waals surface area (Å²) >= 11 is 0. The molecule has 1 fully saturated rings. The highest BCUT2D eigenvalue weighted by atomic mass is 16.2. The SMILES string of the molecule is CN1CCN(C(C)(C)CNC(=O)n2ccnc2)CC1. The first kappa shape index (κ1) is 14.0. The summed E-state index contributed by atoms with van der Waals surface area (Å²) in [5.41, 5.74) is -0.0303. The van der Waals surface area contributed by atoms with Crippen molar-refractivity contribution in [3.63, 3.8) is 0 Å². The summed E-state index contributed by atoms with van der Waals surface area (Å²) in [6.07, 6.45) is 4.77. The molecule has 1 aliphatic rings. The first-order chi connectivity index (χ1) is 8.99. The third kappa shape index (κ3) is 3.54. The highest BCUT2D eigenvalue weighted by molar-refractivity contribution is 5.76. The van der Waals surface area contributed by atoms with Crippen LogP contribution in [0.5, 0.6) is 0 Å². The molecule has 0 spiro atoms. The van der Waals surface area contributed by atoms with Crippen LogP contribution in [0.15, 0.2) is 18.7 Å². The molecule has 0 atom stereocenters. The number of aromatic nitrogens is 2. The Hall–Kier alpha value is -1.40. The van der Waals surface area contributed by atoms with E-state index in [1.165, 1.54) is 10.9 Å². The van der Waals surface area contributed by atoms with Crippen LogP contribution in [0.3, 0.4) is 0 Å². The molecular formula is C13H23N5O. The van der Waals surface area contributed by atoms with Crippen molar-refractivity contribution < 1.29 is 4.79 Å². The lowest BCUT2D eigenvalue weighted by atomic mass is 10.0. The molecule has 0 aromatic carbocycles. The number of hydrogen-bond donors (Lipinski definition) is 1. The lowest BCUT2D eigenvalue weighted by Gasteiger charge is -2.43. The Morgan fingerprint density at radius 3 is 2.58 bits per heavy atom. The van der Waals surface area contributed by atoms with Gasteiger partial charge in [0.15, 0.2) is 0 Å². The zero-order valence-electron chi connectivity index (χ0n) is 12.0. The summed E-state index contributed by atoms with van der Waals surface area (Å²) in [6, 6.07) is -0.125. The molecule has 0 aliphatic carbocycles. The normalized spacial score (nSPS) is 18.5. The largest absolute Gasteiger partial charge is 0.336 e. The van der Waals surface area contributed by atoms with E-state index in [9.17, 15) is 4.79 Å². The summed E-state index contributed by atoms with van der Waals surface area (Å²) in [6.45, 7) is 9.24. The second-order valence-electron chi connectivity index (χ2n) is 5.73. The minimum Gasteiger partial charge on any atom is -0.336 e. The van der Waals surface area contributed by atoms with E-state index in [0.717, 1.165) is 26.2 Å². The standard InChI is InChI=1S/C13H23N5O/c1-13(2,18-8-6-16(3)7-9-18)10-15-12(19)17-5-4-14-11-17/h4-5,11H,6-10H2,1-3H3,(H,15,19). The van der Waals surface area contributed by atoms with Gasteiger partial charge in [0, 0.05) is 50.7 Å². The van der Waals surface area contributed by atoms with Gasteiger partial charge in [-0.1, -0.05) is 0 Å². The van der Waals surface area contributed by atoms with Gasteiger partial charge >= 0.3 is 6.03 Å². The molecule has 2 rings (SSSR count). The predicted molar refractivity (Wildman–Crippen MR) is 74.2 cm³/mol. The minimum absolute atomic E-state index is 0.0303. The van der Waals surface area contributed by atoms with Crippen molar-refractivity contribution in [1.82, 2.24) is 24.7 Å². The Labute approximate surface area is 114 Å². The van der Waals surface area contributed by atoms with Crippen LogP contribution in [0.25, 0.3) is 0 Å². The molecule has 2 heterocycles. The molecule has 0 unspecified atom stereocenters. The smallest absolute Gasteiger partial charge is 0.326 e. The molecular weight excluding hydrogens is 242 g/mol. The van der Waals surface area contributed by atoms with Crippen molar-refractivity contribution >= 4 is 6.03 Å². The maximum atomic E-state index is 11.9. The topological polar surface area (TPSA) is 53.4 Å². The van der Waals surface area contributed by atoms with Crippen LogP contribution in [-0.4, -0.2) is 70.7 Å². The van der Waals surface area contributed by atoms with Crippen molar-refractivity contribution in [3.05, 3.63) is 18.7 Å². The average molecular weight is 265 g/mol. The molecule has 1 saturated heterocycles. The van der Waals surface area contributed by atoms with Gasteiger partial charge in [-0.3, -0.25) is 9.47 Å².